The number of sulfone groups is 1. The number of carbonyl (C=O) groups is 2. The maximum atomic E-state index is 12.1. The Morgan fingerprint density at radius 3 is 2.63 bits per heavy atom. The zero-order valence-electron chi connectivity index (χ0n) is 14.8. The summed E-state index contributed by atoms with van der Waals surface area (Å²) < 4.78 is 24.0. The molecule has 27 heavy (non-hydrogen) atoms. The van der Waals surface area contributed by atoms with Crippen LogP contribution in [0.5, 0.6) is 0 Å². The predicted octanol–water partition coefficient (Wildman–Crippen LogP) is 1.58. The van der Waals surface area contributed by atoms with E-state index in [0.717, 1.165) is 12.0 Å². The summed E-state index contributed by atoms with van der Waals surface area (Å²) in [6, 6.07) is 9.72. The van der Waals surface area contributed by atoms with Crippen LogP contribution in [0.3, 0.4) is 0 Å². The van der Waals surface area contributed by atoms with Gasteiger partial charge in [0, 0.05) is 24.6 Å². The molecule has 0 saturated carbocycles. The van der Waals surface area contributed by atoms with Crippen LogP contribution in [-0.2, 0) is 25.8 Å². The minimum absolute atomic E-state index is 0.0645. The number of aliphatic imine (C=N–C) groups is 1. The number of amidine groups is 1. The third-order valence-corrected chi connectivity index (χ3v) is 7.91. The SMILES string of the molecule is O=C(O)CCCC(=O)N=C1S[C@@H]2CS(=O)(=O)C[C@H]2N1CCc1ccccc1. The van der Waals surface area contributed by atoms with Crippen LogP contribution < -0.4 is 0 Å². The summed E-state index contributed by atoms with van der Waals surface area (Å²) in [6.45, 7) is 0.592. The highest BCUT2D eigenvalue weighted by Gasteiger charge is 2.48. The number of thioether (sulfide) groups is 1. The first-order valence-corrected chi connectivity index (χ1v) is 11.5. The normalized spacial score (nSPS) is 24.9. The van der Waals surface area contributed by atoms with Gasteiger partial charge in [0.15, 0.2) is 15.0 Å². The summed E-state index contributed by atoms with van der Waals surface area (Å²) in [6.07, 6.45) is 0.999. The van der Waals surface area contributed by atoms with Crippen LogP contribution in [0, 0.1) is 0 Å². The van der Waals surface area contributed by atoms with E-state index < -0.39 is 15.8 Å². The number of amides is 1. The average Bonchev–Trinajstić information content (AvgIpc) is 3.04. The van der Waals surface area contributed by atoms with E-state index in [0.29, 0.717) is 11.7 Å². The van der Waals surface area contributed by atoms with Gasteiger partial charge in [-0.05, 0) is 18.4 Å². The van der Waals surface area contributed by atoms with Gasteiger partial charge in [-0.1, -0.05) is 42.1 Å². The summed E-state index contributed by atoms with van der Waals surface area (Å²) in [5.74, 6) is -1.09. The van der Waals surface area contributed by atoms with Crippen LogP contribution in [-0.4, -0.2) is 64.8 Å². The molecule has 2 atom stereocenters. The fourth-order valence-electron chi connectivity index (χ4n) is 3.34. The molecule has 2 saturated heterocycles. The van der Waals surface area contributed by atoms with E-state index in [2.05, 4.69) is 4.99 Å². The zero-order valence-corrected chi connectivity index (χ0v) is 16.4. The van der Waals surface area contributed by atoms with Crippen LogP contribution in [0.1, 0.15) is 24.8 Å². The third-order valence-electron chi connectivity index (χ3n) is 4.66. The number of aliphatic carboxylic acids is 1. The van der Waals surface area contributed by atoms with Gasteiger partial charge < -0.3 is 10.0 Å². The van der Waals surface area contributed by atoms with Crippen LogP contribution in [0.2, 0.25) is 0 Å². The molecule has 0 aromatic heterocycles. The van der Waals surface area contributed by atoms with E-state index in [9.17, 15) is 18.0 Å². The molecule has 0 spiro atoms. The summed E-state index contributed by atoms with van der Waals surface area (Å²) in [5.41, 5.74) is 1.14. The lowest BCUT2D eigenvalue weighted by Gasteiger charge is -2.24. The number of fused-ring (bicyclic) bond motifs is 1. The Morgan fingerprint density at radius 1 is 1.19 bits per heavy atom. The molecule has 0 bridgehead atoms. The van der Waals surface area contributed by atoms with Crippen molar-refractivity contribution in [3.8, 4) is 0 Å². The average molecular weight is 411 g/mol. The first-order valence-electron chi connectivity index (χ1n) is 8.85. The lowest BCUT2D eigenvalue weighted by molar-refractivity contribution is -0.137. The molecule has 7 nitrogen and oxygen atoms in total. The molecule has 2 fully saturated rings. The third kappa shape index (κ3) is 5.32. The van der Waals surface area contributed by atoms with Gasteiger partial charge >= 0.3 is 5.97 Å². The fourth-order valence-corrected chi connectivity index (χ4v) is 7.34. The second-order valence-corrected chi connectivity index (χ2v) is 10.1. The molecule has 0 aliphatic carbocycles. The number of carboxylic acid groups (broad SMARTS) is 1. The Morgan fingerprint density at radius 2 is 1.93 bits per heavy atom. The highest BCUT2D eigenvalue weighted by Crippen LogP contribution is 2.38. The monoisotopic (exact) mass is 410 g/mol. The Hall–Kier alpha value is -1.87. The maximum Gasteiger partial charge on any atom is 0.303 e. The lowest BCUT2D eigenvalue weighted by Crippen LogP contribution is -2.39. The molecular formula is C18H22N2O5S2. The van der Waals surface area contributed by atoms with Gasteiger partial charge in [0.1, 0.15) is 0 Å². The van der Waals surface area contributed by atoms with E-state index in [-0.39, 0.29) is 48.0 Å². The number of hydrogen-bond acceptors (Lipinski definition) is 5. The van der Waals surface area contributed by atoms with Crippen molar-refractivity contribution in [1.82, 2.24) is 4.90 Å². The lowest BCUT2D eigenvalue weighted by atomic mass is 10.1. The number of nitrogens with zero attached hydrogens (tertiary/aromatic N) is 2. The summed E-state index contributed by atoms with van der Waals surface area (Å²) >= 11 is 1.35. The van der Waals surface area contributed by atoms with Crippen molar-refractivity contribution in [3.63, 3.8) is 0 Å². The van der Waals surface area contributed by atoms with Gasteiger partial charge in [-0.2, -0.15) is 4.99 Å². The highest BCUT2D eigenvalue weighted by molar-refractivity contribution is 8.15. The highest BCUT2D eigenvalue weighted by atomic mass is 32.2. The van der Waals surface area contributed by atoms with Gasteiger partial charge in [-0.3, -0.25) is 9.59 Å². The van der Waals surface area contributed by atoms with E-state index in [1.165, 1.54) is 11.8 Å². The molecule has 1 aromatic carbocycles. The molecule has 1 aromatic rings. The van der Waals surface area contributed by atoms with Crippen molar-refractivity contribution in [2.24, 2.45) is 4.99 Å². The second kappa shape index (κ2) is 8.43. The largest absolute Gasteiger partial charge is 0.481 e. The fraction of sp³-hybridized carbons (Fsp3) is 0.500. The summed E-state index contributed by atoms with van der Waals surface area (Å²) in [4.78, 5) is 28.8. The number of rotatable bonds is 7. The first kappa shape index (κ1) is 19.9. The van der Waals surface area contributed by atoms with Crippen molar-refractivity contribution in [2.75, 3.05) is 18.1 Å². The topological polar surface area (TPSA) is 104 Å². The minimum Gasteiger partial charge on any atom is -0.481 e. The smallest absolute Gasteiger partial charge is 0.303 e. The molecule has 1 N–H and O–H groups in total. The molecule has 0 radical (unpaired) electrons. The number of carbonyl (C=O) groups excluding carboxylic acids is 1. The van der Waals surface area contributed by atoms with E-state index in [4.69, 9.17) is 5.11 Å². The van der Waals surface area contributed by atoms with E-state index in [1.807, 2.05) is 35.2 Å². The Kier molecular flexibility index (Phi) is 6.21. The number of hydrogen-bond donors (Lipinski definition) is 1. The molecule has 2 aliphatic rings. The van der Waals surface area contributed by atoms with E-state index >= 15 is 0 Å². The van der Waals surface area contributed by atoms with Crippen molar-refractivity contribution in [1.29, 1.82) is 0 Å². The van der Waals surface area contributed by atoms with Crippen molar-refractivity contribution < 1.29 is 23.1 Å². The van der Waals surface area contributed by atoms with Crippen LogP contribution in [0.25, 0.3) is 0 Å². The Labute approximate surface area is 162 Å². The van der Waals surface area contributed by atoms with E-state index in [1.54, 1.807) is 0 Å². The van der Waals surface area contributed by atoms with Gasteiger partial charge in [-0.25, -0.2) is 8.42 Å². The summed E-state index contributed by atoms with van der Waals surface area (Å²) in [7, 11) is -3.06. The van der Waals surface area contributed by atoms with Crippen LogP contribution >= 0.6 is 11.8 Å². The molecule has 0 unspecified atom stereocenters. The minimum atomic E-state index is -3.06. The molecule has 9 heteroatoms. The molecule has 1 amide bonds. The Bertz CT molecular complexity index is 839. The second-order valence-electron chi connectivity index (χ2n) is 6.76. The molecule has 2 heterocycles. The van der Waals surface area contributed by atoms with Crippen LogP contribution in [0.4, 0.5) is 0 Å². The van der Waals surface area contributed by atoms with Gasteiger partial charge in [0.25, 0.3) is 0 Å². The first-order chi connectivity index (χ1) is 12.8. The van der Waals surface area contributed by atoms with Gasteiger partial charge in [0.05, 0.1) is 17.5 Å². The summed E-state index contributed by atoms with van der Waals surface area (Å²) in [5, 5.41) is 9.14. The quantitative estimate of drug-likeness (QED) is 0.728. The van der Waals surface area contributed by atoms with Crippen molar-refractivity contribution >= 4 is 38.6 Å². The van der Waals surface area contributed by atoms with Gasteiger partial charge in [-0.15, -0.1) is 0 Å². The Balaban J connectivity index is 1.70. The zero-order chi connectivity index (χ0) is 19.4. The number of carboxylic acids is 1. The van der Waals surface area contributed by atoms with Crippen LogP contribution in [0.15, 0.2) is 35.3 Å². The molecule has 3 rings (SSSR count). The number of benzene rings is 1. The van der Waals surface area contributed by atoms with Crippen molar-refractivity contribution in [3.05, 3.63) is 35.9 Å². The molecule has 2 aliphatic heterocycles. The van der Waals surface area contributed by atoms with Gasteiger partial charge in [0.2, 0.25) is 5.91 Å². The maximum absolute atomic E-state index is 12.1. The molecular weight excluding hydrogens is 388 g/mol. The van der Waals surface area contributed by atoms with Crippen molar-refractivity contribution in [2.45, 2.75) is 37.0 Å². The molecule has 146 valence electrons. The standard InChI is InChI=1S/C18H22N2O5S2/c21-16(7-4-8-17(22)23)19-18-20(10-9-13-5-2-1-3-6-13)14-11-27(24,25)12-15(14)26-18/h1-3,5-6,14-15H,4,7-12H2,(H,22,23)/t14-,15-/m1/s1. The predicted molar refractivity (Wildman–Crippen MR) is 105 cm³/mol.